The highest BCUT2D eigenvalue weighted by molar-refractivity contribution is 5.95. The van der Waals surface area contributed by atoms with Crippen LogP contribution in [-0.2, 0) is 4.79 Å². The predicted molar refractivity (Wildman–Crippen MR) is 109 cm³/mol. The van der Waals surface area contributed by atoms with Gasteiger partial charge in [0.25, 0.3) is 0 Å². The minimum Gasteiger partial charge on any atom is -0.493 e. The summed E-state index contributed by atoms with van der Waals surface area (Å²) in [5.41, 5.74) is 5.09. The van der Waals surface area contributed by atoms with Crippen molar-refractivity contribution in [3.05, 3.63) is 58.7 Å². The number of anilines is 1. The van der Waals surface area contributed by atoms with E-state index in [4.69, 9.17) is 4.74 Å². The molecule has 1 amide bonds. The average molecular weight is 354 g/mol. The molecule has 26 heavy (non-hydrogen) atoms. The van der Waals surface area contributed by atoms with Gasteiger partial charge in [-0.1, -0.05) is 38.1 Å². The number of carbonyl (C=O) groups excluding carboxylic acids is 1. The van der Waals surface area contributed by atoms with Crippen molar-refractivity contribution in [3.8, 4) is 5.75 Å². The highest BCUT2D eigenvalue weighted by atomic mass is 16.5. The summed E-state index contributed by atoms with van der Waals surface area (Å²) in [4.78, 5) is 12.7. The van der Waals surface area contributed by atoms with Gasteiger partial charge in [0.1, 0.15) is 5.75 Å². The van der Waals surface area contributed by atoms with Gasteiger partial charge in [-0.2, -0.15) is 0 Å². The van der Waals surface area contributed by atoms with Crippen LogP contribution in [0.15, 0.2) is 36.4 Å². The topological polar surface area (TPSA) is 38.3 Å². The van der Waals surface area contributed by atoms with E-state index in [2.05, 4.69) is 50.4 Å². The van der Waals surface area contributed by atoms with Crippen LogP contribution in [0.2, 0.25) is 0 Å². The van der Waals surface area contributed by atoms with Gasteiger partial charge in [0.2, 0.25) is 5.91 Å². The maximum atomic E-state index is 12.7. The third kappa shape index (κ3) is 5.10. The monoisotopic (exact) mass is 353 g/mol. The van der Waals surface area contributed by atoms with Gasteiger partial charge in [0.05, 0.1) is 6.61 Å². The molecule has 3 nitrogen and oxygen atoms in total. The number of hydrogen-bond acceptors (Lipinski definition) is 2. The molecular weight excluding hydrogens is 322 g/mol. The fourth-order valence-corrected chi connectivity index (χ4v) is 2.85. The Bertz CT molecular complexity index is 778. The highest BCUT2D eigenvalue weighted by Crippen LogP contribution is 2.27. The Morgan fingerprint density at radius 2 is 1.77 bits per heavy atom. The van der Waals surface area contributed by atoms with Gasteiger partial charge >= 0.3 is 0 Å². The molecule has 2 aromatic carbocycles. The summed E-state index contributed by atoms with van der Waals surface area (Å²) in [6.07, 6.45) is 1.61. The summed E-state index contributed by atoms with van der Waals surface area (Å²) in [6.45, 7) is 12.8. The first kappa shape index (κ1) is 20.0. The zero-order valence-electron chi connectivity index (χ0n) is 16.9. The smallest absolute Gasteiger partial charge is 0.230 e. The fourth-order valence-electron chi connectivity index (χ4n) is 2.85. The number of aryl methyl sites for hydroxylation is 3. The third-order valence-electron chi connectivity index (χ3n) is 5.01. The standard InChI is InChI=1S/C23H31NO2/c1-16-11-12-18(3)21(15-16)26-14-8-13-23(5,6)22(25)24-20-10-7-9-17(2)19(20)4/h7,9-12,15H,8,13-14H2,1-6H3,(H,24,25). The van der Waals surface area contributed by atoms with Crippen LogP contribution in [0.25, 0.3) is 0 Å². The molecule has 0 saturated carbocycles. The molecule has 0 unspecified atom stereocenters. The zero-order valence-corrected chi connectivity index (χ0v) is 16.9. The first-order valence-electron chi connectivity index (χ1n) is 9.28. The highest BCUT2D eigenvalue weighted by Gasteiger charge is 2.27. The summed E-state index contributed by atoms with van der Waals surface area (Å²) in [5, 5.41) is 3.09. The van der Waals surface area contributed by atoms with Gasteiger partial charge < -0.3 is 10.1 Å². The number of nitrogens with one attached hydrogen (secondary N) is 1. The molecule has 0 heterocycles. The second-order valence-corrected chi connectivity index (χ2v) is 7.81. The molecule has 0 aliphatic rings. The molecule has 0 spiro atoms. The van der Waals surface area contributed by atoms with Gasteiger partial charge in [-0.25, -0.2) is 0 Å². The Balaban J connectivity index is 1.88. The van der Waals surface area contributed by atoms with Gasteiger partial charge in [-0.3, -0.25) is 4.79 Å². The van der Waals surface area contributed by atoms with Gasteiger partial charge in [-0.15, -0.1) is 0 Å². The summed E-state index contributed by atoms with van der Waals surface area (Å²) < 4.78 is 5.91. The van der Waals surface area contributed by atoms with Crippen LogP contribution in [0.4, 0.5) is 5.69 Å². The molecule has 0 atom stereocenters. The molecule has 0 aliphatic carbocycles. The van der Waals surface area contributed by atoms with Crippen molar-refractivity contribution < 1.29 is 9.53 Å². The van der Waals surface area contributed by atoms with Gasteiger partial charge in [0.15, 0.2) is 0 Å². The average Bonchev–Trinajstić information content (AvgIpc) is 2.58. The van der Waals surface area contributed by atoms with Crippen molar-refractivity contribution in [2.75, 3.05) is 11.9 Å². The van der Waals surface area contributed by atoms with Crippen molar-refractivity contribution in [2.45, 2.75) is 54.4 Å². The summed E-state index contributed by atoms with van der Waals surface area (Å²) >= 11 is 0. The van der Waals surface area contributed by atoms with Gasteiger partial charge in [-0.05, 0) is 74.9 Å². The molecule has 0 radical (unpaired) electrons. The molecule has 3 heteroatoms. The molecule has 1 N–H and O–H groups in total. The van der Waals surface area contributed by atoms with Crippen molar-refractivity contribution in [1.82, 2.24) is 0 Å². The number of amides is 1. The van der Waals surface area contributed by atoms with E-state index < -0.39 is 5.41 Å². The quantitative estimate of drug-likeness (QED) is 0.644. The van der Waals surface area contributed by atoms with E-state index in [0.717, 1.165) is 35.4 Å². The molecular formula is C23H31NO2. The molecule has 0 saturated heterocycles. The van der Waals surface area contributed by atoms with Crippen LogP contribution in [0.1, 0.15) is 48.9 Å². The van der Waals surface area contributed by atoms with E-state index in [1.807, 2.05) is 32.9 Å². The molecule has 2 aromatic rings. The number of rotatable bonds is 7. The van der Waals surface area contributed by atoms with Crippen molar-refractivity contribution >= 4 is 11.6 Å². The second-order valence-electron chi connectivity index (χ2n) is 7.81. The maximum absolute atomic E-state index is 12.7. The molecule has 0 bridgehead atoms. The van der Waals surface area contributed by atoms with Crippen LogP contribution < -0.4 is 10.1 Å². The second kappa shape index (κ2) is 8.39. The minimum atomic E-state index is -0.443. The van der Waals surface area contributed by atoms with E-state index in [1.165, 1.54) is 11.1 Å². The number of ether oxygens (including phenoxy) is 1. The first-order valence-corrected chi connectivity index (χ1v) is 9.28. The van der Waals surface area contributed by atoms with Crippen LogP contribution in [0.5, 0.6) is 5.75 Å². The zero-order chi connectivity index (χ0) is 19.3. The van der Waals surface area contributed by atoms with Gasteiger partial charge in [0, 0.05) is 11.1 Å². The third-order valence-corrected chi connectivity index (χ3v) is 5.01. The minimum absolute atomic E-state index is 0.0536. The van der Waals surface area contributed by atoms with Crippen molar-refractivity contribution in [2.24, 2.45) is 5.41 Å². The summed E-state index contributed by atoms with van der Waals surface area (Å²) in [5.74, 6) is 0.987. The Kier molecular flexibility index (Phi) is 6.47. The van der Waals surface area contributed by atoms with E-state index in [0.29, 0.717) is 6.61 Å². The van der Waals surface area contributed by atoms with E-state index in [1.54, 1.807) is 0 Å². The van der Waals surface area contributed by atoms with E-state index in [-0.39, 0.29) is 5.91 Å². The Morgan fingerprint density at radius 3 is 2.50 bits per heavy atom. The molecule has 0 fully saturated rings. The number of benzene rings is 2. The van der Waals surface area contributed by atoms with Crippen LogP contribution in [0.3, 0.4) is 0 Å². The van der Waals surface area contributed by atoms with Crippen molar-refractivity contribution in [1.29, 1.82) is 0 Å². The summed E-state index contributed by atoms with van der Waals surface area (Å²) in [6, 6.07) is 12.2. The fraction of sp³-hybridized carbons (Fsp3) is 0.435. The number of hydrogen-bond donors (Lipinski definition) is 1. The Labute approximate surface area is 157 Å². The number of carbonyl (C=O) groups is 1. The molecule has 0 aromatic heterocycles. The lowest BCUT2D eigenvalue weighted by molar-refractivity contribution is -0.124. The maximum Gasteiger partial charge on any atom is 0.230 e. The van der Waals surface area contributed by atoms with Crippen LogP contribution in [-0.4, -0.2) is 12.5 Å². The molecule has 140 valence electrons. The van der Waals surface area contributed by atoms with Crippen LogP contribution >= 0.6 is 0 Å². The lowest BCUT2D eigenvalue weighted by Gasteiger charge is -2.24. The molecule has 0 aliphatic heterocycles. The molecule has 2 rings (SSSR count). The lowest BCUT2D eigenvalue weighted by atomic mass is 9.86. The normalized spacial score (nSPS) is 11.3. The predicted octanol–water partition coefficient (Wildman–Crippen LogP) is 5.74. The first-order chi connectivity index (χ1) is 12.2. The lowest BCUT2D eigenvalue weighted by Crippen LogP contribution is -2.31. The largest absolute Gasteiger partial charge is 0.493 e. The summed E-state index contributed by atoms with van der Waals surface area (Å²) in [7, 11) is 0. The van der Waals surface area contributed by atoms with Crippen molar-refractivity contribution in [3.63, 3.8) is 0 Å². The van der Waals surface area contributed by atoms with E-state index in [9.17, 15) is 4.79 Å². The van der Waals surface area contributed by atoms with Crippen LogP contribution in [0, 0.1) is 33.1 Å². The Hall–Kier alpha value is -2.29. The SMILES string of the molecule is Cc1ccc(C)c(OCCCC(C)(C)C(=O)Nc2cccc(C)c2C)c1. The van der Waals surface area contributed by atoms with E-state index >= 15 is 0 Å². The Morgan fingerprint density at radius 1 is 1.04 bits per heavy atom.